The summed E-state index contributed by atoms with van der Waals surface area (Å²) < 4.78 is 5.49. The highest BCUT2D eigenvalue weighted by atomic mass is 32.1. The highest BCUT2D eigenvalue weighted by Crippen LogP contribution is 2.30. The molecule has 0 fully saturated rings. The molecule has 0 spiro atoms. The zero-order valence-corrected chi connectivity index (χ0v) is 20.4. The normalized spacial score (nSPS) is 13.4. The van der Waals surface area contributed by atoms with E-state index in [1.165, 1.54) is 16.9 Å². The van der Waals surface area contributed by atoms with Gasteiger partial charge in [0.1, 0.15) is 0 Å². The molecule has 0 aliphatic heterocycles. The van der Waals surface area contributed by atoms with Crippen LogP contribution in [0.1, 0.15) is 67.7 Å². The van der Waals surface area contributed by atoms with Gasteiger partial charge in [0.2, 0.25) is 6.10 Å². The summed E-state index contributed by atoms with van der Waals surface area (Å²) in [6.07, 6.45) is 3.24. The number of aromatic nitrogens is 1. The van der Waals surface area contributed by atoms with Crippen LogP contribution in [0.2, 0.25) is 0 Å². The van der Waals surface area contributed by atoms with Gasteiger partial charge in [0.15, 0.2) is 11.2 Å². The van der Waals surface area contributed by atoms with E-state index >= 15 is 0 Å². The number of rotatable bonds is 10. The van der Waals surface area contributed by atoms with Crippen LogP contribution >= 0.6 is 11.3 Å². The predicted molar refractivity (Wildman–Crippen MR) is 135 cm³/mol. The molecule has 3 rings (SSSR count). The van der Waals surface area contributed by atoms with Crippen molar-refractivity contribution in [1.29, 1.82) is 0 Å². The molecule has 2 aromatic carbocycles. The Hall–Kier alpha value is -3.29. The molecule has 0 bridgehead atoms. The number of amides is 1. The Labute approximate surface area is 204 Å². The van der Waals surface area contributed by atoms with E-state index in [2.05, 4.69) is 37.1 Å². The summed E-state index contributed by atoms with van der Waals surface area (Å²) in [5.74, 6) is -1.12. The Kier molecular flexibility index (Phi) is 9.13. The van der Waals surface area contributed by atoms with E-state index in [0.29, 0.717) is 22.2 Å². The van der Waals surface area contributed by atoms with E-state index in [0.717, 1.165) is 17.7 Å². The van der Waals surface area contributed by atoms with Gasteiger partial charge in [-0.05, 0) is 38.2 Å². The number of anilines is 1. The first-order valence-corrected chi connectivity index (χ1v) is 12.0. The van der Waals surface area contributed by atoms with Crippen molar-refractivity contribution < 1.29 is 19.4 Å². The molecule has 1 aromatic heterocycles. The quantitative estimate of drug-likeness (QED) is 0.278. The summed E-state index contributed by atoms with van der Waals surface area (Å²) in [5.41, 5.74) is 2.19. The van der Waals surface area contributed by atoms with Gasteiger partial charge in [0, 0.05) is 16.6 Å². The number of hydrogen-bond donors (Lipinski definition) is 2. The molecule has 0 saturated carbocycles. The maximum atomic E-state index is 13.1. The monoisotopic (exact) mass is 478 g/mol. The molecular weight excluding hydrogens is 448 g/mol. The fraction of sp³-hybridized carbons (Fsp3) is 0.296. The third-order valence-electron chi connectivity index (χ3n) is 5.30. The smallest absolute Gasteiger partial charge is 0.340 e. The lowest BCUT2D eigenvalue weighted by atomic mass is 10.0. The highest BCUT2D eigenvalue weighted by Gasteiger charge is 2.29. The van der Waals surface area contributed by atoms with Crippen molar-refractivity contribution in [2.45, 2.75) is 51.7 Å². The Morgan fingerprint density at radius 3 is 2.29 bits per heavy atom. The van der Waals surface area contributed by atoms with Gasteiger partial charge in [-0.2, -0.15) is 0 Å². The van der Waals surface area contributed by atoms with E-state index in [9.17, 15) is 14.7 Å². The van der Waals surface area contributed by atoms with Gasteiger partial charge < -0.3 is 9.84 Å². The number of thiazole rings is 1. The van der Waals surface area contributed by atoms with Gasteiger partial charge in [-0.1, -0.05) is 79.2 Å². The van der Waals surface area contributed by atoms with Crippen molar-refractivity contribution in [3.05, 3.63) is 94.5 Å². The van der Waals surface area contributed by atoms with Crippen LogP contribution in [0.25, 0.3) is 0 Å². The Balaban J connectivity index is 1.71. The Bertz CT molecular complexity index is 1110. The molecular formula is C27H30N2O4S. The van der Waals surface area contributed by atoms with E-state index in [4.69, 9.17) is 4.74 Å². The van der Waals surface area contributed by atoms with Crippen molar-refractivity contribution >= 4 is 28.3 Å². The number of ether oxygens (including phenoxy) is 1. The summed E-state index contributed by atoms with van der Waals surface area (Å²) in [6, 6.07) is 17.2. The largest absolute Gasteiger partial charge is 0.445 e. The molecule has 0 aliphatic rings. The van der Waals surface area contributed by atoms with E-state index in [1.54, 1.807) is 60.8 Å². The van der Waals surface area contributed by atoms with E-state index in [-0.39, 0.29) is 0 Å². The average Bonchev–Trinajstić information content (AvgIpc) is 3.31. The van der Waals surface area contributed by atoms with Gasteiger partial charge in [-0.25, -0.2) is 9.78 Å². The lowest BCUT2D eigenvalue weighted by molar-refractivity contribution is -0.163. The van der Waals surface area contributed by atoms with Crippen molar-refractivity contribution in [1.82, 2.24) is 4.98 Å². The molecule has 34 heavy (non-hydrogen) atoms. The number of nitrogens with zero attached hydrogens (tertiary/aromatic N) is 1. The maximum Gasteiger partial charge on any atom is 0.340 e. The molecule has 178 valence electrons. The average molecular weight is 479 g/mol. The summed E-state index contributed by atoms with van der Waals surface area (Å²) in [7, 11) is 0. The Morgan fingerprint density at radius 2 is 1.68 bits per heavy atom. The van der Waals surface area contributed by atoms with E-state index in [1.807, 2.05) is 6.07 Å². The molecule has 3 atom stereocenters. The molecule has 3 aromatic rings. The molecule has 1 amide bonds. The van der Waals surface area contributed by atoms with Crippen LogP contribution in [0.3, 0.4) is 0 Å². The van der Waals surface area contributed by atoms with Crippen LogP contribution in [-0.4, -0.2) is 22.0 Å². The van der Waals surface area contributed by atoms with Gasteiger partial charge in [-0.3, -0.25) is 10.1 Å². The number of allylic oxidation sites excluding steroid dienone is 2. The topological polar surface area (TPSA) is 88.5 Å². The van der Waals surface area contributed by atoms with Crippen LogP contribution < -0.4 is 5.32 Å². The second-order valence-corrected chi connectivity index (χ2v) is 9.42. The fourth-order valence-electron chi connectivity index (χ4n) is 3.36. The molecule has 2 N–H and O–H groups in total. The lowest BCUT2D eigenvalue weighted by Crippen LogP contribution is -2.28. The number of esters is 1. The molecule has 1 unspecified atom stereocenters. The molecule has 6 nitrogen and oxygen atoms in total. The first-order valence-electron chi connectivity index (χ1n) is 11.2. The van der Waals surface area contributed by atoms with Gasteiger partial charge in [0.25, 0.3) is 5.91 Å². The highest BCUT2D eigenvalue weighted by molar-refractivity contribution is 7.15. The van der Waals surface area contributed by atoms with Gasteiger partial charge in [0.05, 0.1) is 0 Å². The number of hydrogen-bond acceptors (Lipinski definition) is 6. The number of nitrogens with one attached hydrogen (secondary N) is 1. The lowest BCUT2D eigenvalue weighted by Gasteiger charge is -2.19. The van der Waals surface area contributed by atoms with Crippen LogP contribution in [-0.2, 0) is 14.3 Å². The number of aliphatic hydroxyl groups excluding tert-OH is 1. The first-order chi connectivity index (χ1) is 16.3. The number of benzene rings is 2. The van der Waals surface area contributed by atoms with Crippen molar-refractivity contribution in [2.24, 2.45) is 0 Å². The summed E-state index contributed by atoms with van der Waals surface area (Å²) >= 11 is 1.41. The third-order valence-corrected chi connectivity index (χ3v) is 6.45. The molecule has 1 heterocycles. The molecule has 0 radical (unpaired) electrons. The van der Waals surface area contributed by atoms with Crippen LogP contribution in [0, 0.1) is 0 Å². The first kappa shape index (κ1) is 25.3. The minimum Gasteiger partial charge on any atom is -0.445 e. The fourth-order valence-corrected chi connectivity index (χ4v) is 4.26. The van der Waals surface area contributed by atoms with Crippen molar-refractivity contribution in [2.75, 3.05) is 5.32 Å². The molecule has 0 aliphatic carbocycles. The standard InChI is InChI=1S/C27H30N2O4S/c1-18(2)11-10-12-19(3)22-17-28-27(34-22)29-25(31)24(21-15-8-5-9-16-21)33-26(32)23(30)20-13-6-4-7-14-20/h4-9,11,13-17,19,23-24,30H,10,12H2,1-3H3,(H,28,29,31)/t19?,23-,24-/m0/s1. The molecule has 0 saturated heterocycles. The number of carbonyl (C=O) groups excluding carboxylic acids is 2. The Morgan fingerprint density at radius 1 is 1.06 bits per heavy atom. The van der Waals surface area contributed by atoms with Crippen molar-refractivity contribution in [3.8, 4) is 0 Å². The van der Waals surface area contributed by atoms with Gasteiger partial charge >= 0.3 is 5.97 Å². The zero-order valence-electron chi connectivity index (χ0n) is 19.6. The second kappa shape index (κ2) is 12.3. The minimum atomic E-state index is -1.49. The number of aliphatic hydroxyl groups is 1. The summed E-state index contributed by atoms with van der Waals surface area (Å²) in [5, 5.41) is 13.6. The maximum absolute atomic E-state index is 13.1. The van der Waals surface area contributed by atoms with E-state index < -0.39 is 24.1 Å². The predicted octanol–water partition coefficient (Wildman–Crippen LogP) is 5.95. The molecule has 7 heteroatoms. The van der Waals surface area contributed by atoms with Crippen LogP contribution in [0.5, 0.6) is 0 Å². The van der Waals surface area contributed by atoms with Crippen LogP contribution in [0.15, 0.2) is 78.5 Å². The second-order valence-electron chi connectivity index (χ2n) is 8.36. The van der Waals surface area contributed by atoms with Gasteiger partial charge in [-0.15, -0.1) is 11.3 Å². The van der Waals surface area contributed by atoms with Crippen LogP contribution in [0.4, 0.5) is 5.13 Å². The van der Waals surface area contributed by atoms with Crippen molar-refractivity contribution in [3.63, 3.8) is 0 Å². The third kappa shape index (κ3) is 7.10. The SMILES string of the molecule is CC(C)=CCCC(C)c1cnc(NC(=O)[C@@H](OC(=O)[C@@H](O)c2ccccc2)c2ccccc2)s1. The summed E-state index contributed by atoms with van der Waals surface area (Å²) in [6.45, 7) is 6.30. The zero-order chi connectivity index (χ0) is 24.5. The summed E-state index contributed by atoms with van der Waals surface area (Å²) in [4.78, 5) is 31.2. The number of carbonyl (C=O) groups is 2. The minimum absolute atomic E-state index is 0.308.